The van der Waals surface area contributed by atoms with E-state index >= 15 is 0 Å². The molecule has 0 radical (unpaired) electrons. The lowest BCUT2D eigenvalue weighted by molar-refractivity contribution is 0.269. The van der Waals surface area contributed by atoms with Crippen LogP contribution in [0.4, 0.5) is 0 Å². The predicted octanol–water partition coefficient (Wildman–Crippen LogP) is 12.1. The molecule has 1 aliphatic heterocycles. The van der Waals surface area contributed by atoms with Crippen LogP contribution >= 0.6 is 0 Å². The Balaban J connectivity index is 1.02. The Morgan fingerprint density at radius 2 is 1.31 bits per heavy atom. The molecule has 0 N–H and O–H groups in total. The molecule has 3 heterocycles. The Labute approximate surface area is 297 Å². The van der Waals surface area contributed by atoms with E-state index in [1.807, 2.05) is 0 Å². The first-order valence-electron chi connectivity index (χ1n) is 18.3. The van der Waals surface area contributed by atoms with Crippen LogP contribution in [0.15, 0.2) is 152 Å². The third kappa shape index (κ3) is 4.44. The third-order valence-electron chi connectivity index (χ3n) is 11.4. The highest BCUT2D eigenvalue weighted by Gasteiger charge is 2.32. The van der Waals surface area contributed by atoms with Gasteiger partial charge in [0, 0.05) is 50.3 Å². The molecule has 0 bridgehead atoms. The van der Waals surface area contributed by atoms with E-state index in [0.29, 0.717) is 0 Å². The zero-order valence-electron chi connectivity index (χ0n) is 28.3. The van der Waals surface area contributed by atoms with E-state index in [1.165, 1.54) is 83.2 Å². The van der Waals surface area contributed by atoms with Crippen molar-refractivity contribution in [1.29, 1.82) is 0 Å². The van der Waals surface area contributed by atoms with Gasteiger partial charge in [0.05, 0.1) is 16.6 Å². The zero-order chi connectivity index (χ0) is 33.5. The average molecular weight is 657 g/mol. The van der Waals surface area contributed by atoms with Crippen LogP contribution in [0.25, 0.3) is 66.9 Å². The van der Waals surface area contributed by atoms with Crippen molar-refractivity contribution >= 4 is 44.4 Å². The van der Waals surface area contributed by atoms with Crippen molar-refractivity contribution in [2.24, 2.45) is 0 Å². The van der Waals surface area contributed by atoms with Crippen LogP contribution in [0, 0.1) is 0 Å². The van der Waals surface area contributed by atoms with Crippen molar-refractivity contribution in [2.45, 2.75) is 37.7 Å². The maximum Gasteiger partial charge on any atom is 0.128 e. The van der Waals surface area contributed by atoms with Crippen molar-refractivity contribution in [3.63, 3.8) is 0 Å². The van der Waals surface area contributed by atoms with E-state index in [-0.39, 0.29) is 12.0 Å². The molecule has 0 saturated carbocycles. The van der Waals surface area contributed by atoms with E-state index in [4.69, 9.17) is 4.74 Å². The van der Waals surface area contributed by atoms with Gasteiger partial charge in [-0.05, 0) is 115 Å². The monoisotopic (exact) mass is 656 g/mol. The highest BCUT2D eigenvalue weighted by atomic mass is 16.5. The number of allylic oxidation sites excluding steroid dienone is 7. The summed E-state index contributed by atoms with van der Waals surface area (Å²) in [5.41, 5.74) is 15.3. The molecule has 0 saturated heterocycles. The summed E-state index contributed by atoms with van der Waals surface area (Å²) >= 11 is 0. The average Bonchev–Trinajstić information content (AvgIpc) is 3.85. The Morgan fingerprint density at radius 1 is 0.569 bits per heavy atom. The normalized spacial score (nSPS) is 18.6. The first-order chi connectivity index (χ1) is 25.3. The standard InChI is InChI=1S/C48H36N2O/c1-2-10-31(11-3-1)32-18-22-35(23-19-32)49-43-15-7-4-12-37(43)40-28-33(20-25-45(40)49)34-21-26-46-41(29-34)38-13-5-8-16-44(38)50(46)36-24-27-48-42(30-36)39-14-6-9-17-47(39)51-48/h1-2,4-7,9-10,12-15,17-30,39,47H,3,8,11,16H2/t39?,47-/m0/s1. The number of benzene rings is 5. The van der Waals surface area contributed by atoms with Gasteiger partial charge >= 0.3 is 0 Å². The summed E-state index contributed by atoms with van der Waals surface area (Å²) < 4.78 is 11.2. The topological polar surface area (TPSA) is 19.1 Å². The van der Waals surface area contributed by atoms with Gasteiger partial charge in [0.1, 0.15) is 11.9 Å². The van der Waals surface area contributed by atoms with Gasteiger partial charge in [0.15, 0.2) is 0 Å². The van der Waals surface area contributed by atoms with E-state index < -0.39 is 0 Å². The second-order valence-corrected chi connectivity index (χ2v) is 14.3. The molecule has 4 aliphatic rings. The van der Waals surface area contributed by atoms with Crippen molar-refractivity contribution < 1.29 is 4.74 Å². The minimum absolute atomic E-state index is 0.0926. The van der Waals surface area contributed by atoms with Crippen molar-refractivity contribution in [1.82, 2.24) is 9.13 Å². The predicted molar refractivity (Wildman–Crippen MR) is 212 cm³/mol. The van der Waals surface area contributed by atoms with Gasteiger partial charge < -0.3 is 13.9 Å². The molecule has 11 rings (SSSR count). The first kappa shape index (κ1) is 28.7. The quantitative estimate of drug-likeness (QED) is 0.184. The molecule has 3 nitrogen and oxygen atoms in total. The summed E-state index contributed by atoms with van der Waals surface area (Å²) in [6.07, 6.45) is 24.4. The SMILES string of the molecule is C1=CCCC(c2ccc(-n3c4ccccc4c4cc(-c5ccc6c(c5)c5c(n6-c6ccc7c(c6)C6C=CC=C[C@@H]6O7)CCC=C5)ccc43)cc2)=C1. The van der Waals surface area contributed by atoms with Crippen LogP contribution in [-0.4, -0.2) is 15.2 Å². The van der Waals surface area contributed by atoms with Gasteiger partial charge in [0.2, 0.25) is 0 Å². The Morgan fingerprint density at radius 3 is 2.18 bits per heavy atom. The van der Waals surface area contributed by atoms with Crippen molar-refractivity contribution in [2.75, 3.05) is 0 Å². The van der Waals surface area contributed by atoms with Crippen molar-refractivity contribution in [3.8, 4) is 28.3 Å². The lowest BCUT2D eigenvalue weighted by Gasteiger charge is -2.16. The fourth-order valence-electron chi connectivity index (χ4n) is 8.96. The van der Waals surface area contributed by atoms with Crippen LogP contribution in [0.2, 0.25) is 0 Å². The van der Waals surface area contributed by atoms with Gasteiger partial charge in [-0.1, -0.05) is 91.1 Å². The number of nitrogens with zero attached hydrogens (tertiary/aromatic N) is 2. The van der Waals surface area contributed by atoms with Crippen LogP contribution < -0.4 is 4.74 Å². The van der Waals surface area contributed by atoms with Crippen LogP contribution in [0.3, 0.4) is 0 Å². The molecule has 2 atom stereocenters. The largest absolute Gasteiger partial charge is 0.485 e. The molecule has 3 aliphatic carbocycles. The molecule has 1 unspecified atom stereocenters. The van der Waals surface area contributed by atoms with Crippen LogP contribution in [-0.2, 0) is 6.42 Å². The highest BCUT2D eigenvalue weighted by molar-refractivity contribution is 6.10. The van der Waals surface area contributed by atoms with E-state index in [1.54, 1.807) is 0 Å². The molecule has 0 spiro atoms. The lowest BCUT2D eigenvalue weighted by atomic mass is 9.92. The number of hydrogen-bond acceptors (Lipinski definition) is 1. The lowest BCUT2D eigenvalue weighted by Crippen LogP contribution is -2.15. The van der Waals surface area contributed by atoms with Crippen LogP contribution in [0.5, 0.6) is 5.75 Å². The minimum Gasteiger partial charge on any atom is -0.485 e. The Kier molecular flexibility index (Phi) is 6.33. The first-order valence-corrected chi connectivity index (χ1v) is 18.3. The summed E-state index contributed by atoms with van der Waals surface area (Å²) in [6.45, 7) is 0. The molecule has 5 aromatic carbocycles. The second-order valence-electron chi connectivity index (χ2n) is 14.3. The molecule has 0 fully saturated rings. The summed E-state index contributed by atoms with van der Waals surface area (Å²) in [5.74, 6) is 1.27. The van der Waals surface area contributed by atoms with E-state index in [0.717, 1.165) is 31.4 Å². The fourth-order valence-corrected chi connectivity index (χ4v) is 8.96. The number of para-hydroxylation sites is 1. The van der Waals surface area contributed by atoms with E-state index in [9.17, 15) is 0 Å². The molecule has 51 heavy (non-hydrogen) atoms. The third-order valence-corrected chi connectivity index (χ3v) is 11.4. The smallest absolute Gasteiger partial charge is 0.128 e. The zero-order valence-corrected chi connectivity index (χ0v) is 28.3. The fraction of sp³-hybridized carbons (Fsp3) is 0.125. The Hall–Kier alpha value is -6.06. The summed E-state index contributed by atoms with van der Waals surface area (Å²) in [5, 5.41) is 3.86. The molecule has 244 valence electrons. The van der Waals surface area contributed by atoms with E-state index in [2.05, 4.69) is 167 Å². The molecule has 2 aromatic heterocycles. The second kappa shape index (κ2) is 11.2. The highest BCUT2D eigenvalue weighted by Crippen LogP contribution is 2.44. The summed E-state index contributed by atoms with van der Waals surface area (Å²) in [4.78, 5) is 0. The summed E-state index contributed by atoms with van der Waals surface area (Å²) in [6, 6.07) is 38.8. The van der Waals surface area contributed by atoms with Crippen LogP contribution in [0.1, 0.15) is 47.6 Å². The molecular formula is C48H36N2O. The molecular weight excluding hydrogens is 621 g/mol. The molecule has 0 amide bonds. The molecule has 7 aromatic rings. The maximum absolute atomic E-state index is 6.30. The molecule has 3 heteroatoms. The van der Waals surface area contributed by atoms with Gasteiger partial charge in [-0.25, -0.2) is 0 Å². The summed E-state index contributed by atoms with van der Waals surface area (Å²) in [7, 11) is 0. The van der Waals surface area contributed by atoms with Crippen molar-refractivity contribution in [3.05, 3.63) is 174 Å². The number of fused-ring (bicyclic) bond motifs is 9. The van der Waals surface area contributed by atoms with Gasteiger partial charge in [-0.15, -0.1) is 0 Å². The minimum atomic E-state index is 0.0926. The Bertz CT molecular complexity index is 2720. The van der Waals surface area contributed by atoms with Gasteiger partial charge in [0.25, 0.3) is 0 Å². The van der Waals surface area contributed by atoms with Gasteiger partial charge in [-0.3, -0.25) is 0 Å². The maximum atomic E-state index is 6.30. The number of rotatable bonds is 4. The number of hydrogen-bond donors (Lipinski definition) is 0. The number of aromatic nitrogens is 2. The van der Waals surface area contributed by atoms with Gasteiger partial charge in [-0.2, -0.15) is 0 Å². The number of ether oxygens (including phenoxy) is 1.